The SMILES string of the molecule is CC(C)COC(=O)C1C(C)C(O)CN1C(=O)OC(C)(C)C. The van der Waals surface area contributed by atoms with Crippen LogP contribution < -0.4 is 0 Å². The van der Waals surface area contributed by atoms with E-state index in [0.29, 0.717) is 6.61 Å². The van der Waals surface area contributed by atoms with Crippen LogP contribution >= 0.6 is 0 Å². The summed E-state index contributed by atoms with van der Waals surface area (Å²) >= 11 is 0. The standard InChI is InChI=1S/C15H27NO5/c1-9(2)8-20-13(18)12-10(3)11(17)7-16(12)14(19)21-15(4,5)6/h9-12,17H,7-8H2,1-6H3. The van der Waals surface area contributed by atoms with Gasteiger partial charge in [0.25, 0.3) is 0 Å². The van der Waals surface area contributed by atoms with Crippen molar-refractivity contribution in [2.75, 3.05) is 13.2 Å². The molecular formula is C15H27NO5. The van der Waals surface area contributed by atoms with Gasteiger partial charge in [0.15, 0.2) is 0 Å². The van der Waals surface area contributed by atoms with Crippen molar-refractivity contribution in [3.8, 4) is 0 Å². The van der Waals surface area contributed by atoms with Crippen molar-refractivity contribution < 1.29 is 24.2 Å². The van der Waals surface area contributed by atoms with E-state index in [4.69, 9.17) is 9.47 Å². The molecule has 6 nitrogen and oxygen atoms in total. The minimum Gasteiger partial charge on any atom is -0.464 e. The normalized spacial score (nSPS) is 26.1. The molecule has 1 heterocycles. The summed E-state index contributed by atoms with van der Waals surface area (Å²) in [6, 6.07) is -0.798. The molecule has 1 fully saturated rings. The highest BCUT2D eigenvalue weighted by molar-refractivity contribution is 5.82. The summed E-state index contributed by atoms with van der Waals surface area (Å²) in [7, 11) is 0. The van der Waals surface area contributed by atoms with Crippen LogP contribution in [-0.4, -0.2) is 53.0 Å². The van der Waals surface area contributed by atoms with E-state index in [2.05, 4.69) is 0 Å². The number of hydrogen-bond donors (Lipinski definition) is 1. The molecule has 1 rings (SSSR count). The highest BCUT2D eigenvalue weighted by Gasteiger charge is 2.47. The van der Waals surface area contributed by atoms with Crippen LogP contribution in [0.5, 0.6) is 0 Å². The molecule has 1 aliphatic rings. The monoisotopic (exact) mass is 301 g/mol. The van der Waals surface area contributed by atoms with Gasteiger partial charge in [-0.15, -0.1) is 0 Å². The van der Waals surface area contributed by atoms with Gasteiger partial charge < -0.3 is 14.6 Å². The van der Waals surface area contributed by atoms with Crippen LogP contribution in [0.4, 0.5) is 4.79 Å². The fourth-order valence-corrected chi connectivity index (χ4v) is 2.16. The van der Waals surface area contributed by atoms with Gasteiger partial charge in [0.05, 0.1) is 19.3 Å². The average Bonchev–Trinajstić information content (AvgIpc) is 2.61. The first kappa shape index (κ1) is 17.8. The molecular weight excluding hydrogens is 274 g/mol. The largest absolute Gasteiger partial charge is 0.464 e. The fourth-order valence-electron chi connectivity index (χ4n) is 2.16. The topological polar surface area (TPSA) is 76.1 Å². The third kappa shape index (κ3) is 4.88. The van der Waals surface area contributed by atoms with Crippen molar-refractivity contribution in [1.29, 1.82) is 0 Å². The number of aliphatic hydroxyl groups is 1. The Hall–Kier alpha value is -1.30. The van der Waals surface area contributed by atoms with E-state index in [-0.39, 0.29) is 18.4 Å². The Kier molecular flexibility index (Phi) is 5.61. The second kappa shape index (κ2) is 6.64. The first-order valence-electron chi connectivity index (χ1n) is 7.37. The summed E-state index contributed by atoms with van der Waals surface area (Å²) in [5.74, 6) is -0.652. The maximum Gasteiger partial charge on any atom is 0.411 e. The number of rotatable bonds is 3. The van der Waals surface area contributed by atoms with Crippen molar-refractivity contribution in [1.82, 2.24) is 4.90 Å². The third-order valence-corrected chi connectivity index (χ3v) is 3.25. The zero-order valence-electron chi connectivity index (χ0n) is 13.8. The fraction of sp³-hybridized carbons (Fsp3) is 0.867. The average molecular weight is 301 g/mol. The van der Waals surface area contributed by atoms with Crippen molar-refractivity contribution in [3.63, 3.8) is 0 Å². The quantitative estimate of drug-likeness (QED) is 0.804. The van der Waals surface area contributed by atoms with Crippen LogP contribution in [0.3, 0.4) is 0 Å². The number of likely N-dealkylation sites (tertiary alicyclic amines) is 1. The molecule has 21 heavy (non-hydrogen) atoms. The molecule has 0 aromatic carbocycles. The van der Waals surface area contributed by atoms with Crippen LogP contribution in [0.25, 0.3) is 0 Å². The second-order valence-corrected chi connectivity index (χ2v) is 7.03. The predicted molar refractivity (Wildman–Crippen MR) is 77.7 cm³/mol. The van der Waals surface area contributed by atoms with E-state index in [1.165, 1.54) is 4.90 Å². The zero-order valence-corrected chi connectivity index (χ0v) is 13.8. The summed E-state index contributed by atoms with van der Waals surface area (Å²) in [6.07, 6.45) is -1.36. The number of β-amino-alcohol motifs (C(OH)–C–C–N with tert-alkyl or cyclic N) is 1. The molecule has 0 bridgehead atoms. The molecule has 3 unspecified atom stereocenters. The zero-order chi connectivity index (χ0) is 16.4. The highest BCUT2D eigenvalue weighted by Crippen LogP contribution is 2.27. The van der Waals surface area contributed by atoms with Crippen LogP contribution in [-0.2, 0) is 14.3 Å². The number of carbonyl (C=O) groups is 2. The summed E-state index contributed by atoms with van der Waals surface area (Å²) in [4.78, 5) is 25.7. The van der Waals surface area contributed by atoms with Gasteiger partial charge in [-0.1, -0.05) is 20.8 Å². The summed E-state index contributed by atoms with van der Waals surface area (Å²) in [5.41, 5.74) is -0.653. The molecule has 1 aliphatic heterocycles. The van der Waals surface area contributed by atoms with Crippen LogP contribution in [0.2, 0.25) is 0 Å². The molecule has 1 amide bonds. The van der Waals surface area contributed by atoms with Crippen molar-refractivity contribution in [2.45, 2.75) is 59.3 Å². The Morgan fingerprint density at radius 2 is 1.90 bits per heavy atom. The van der Waals surface area contributed by atoms with E-state index in [0.717, 1.165) is 0 Å². The molecule has 0 radical (unpaired) electrons. The predicted octanol–water partition coefficient (Wildman–Crippen LogP) is 1.80. The minimum absolute atomic E-state index is 0.0809. The lowest BCUT2D eigenvalue weighted by Crippen LogP contribution is -2.46. The first-order chi connectivity index (χ1) is 9.53. The van der Waals surface area contributed by atoms with E-state index in [1.807, 2.05) is 13.8 Å². The maximum atomic E-state index is 12.2. The van der Waals surface area contributed by atoms with E-state index in [1.54, 1.807) is 27.7 Å². The Morgan fingerprint density at radius 1 is 1.33 bits per heavy atom. The van der Waals surface area contributed by atoms with Gasteiger partial charge in [-0.3, -0.25) is 4.90 Å². The van der Waals surface area contributed by atoms with Gasteiger partial charge >= 0.3 is 12.1 Å². The molecule has 0 saturated carbocycles. The molecule has 0 aromatic rings. The summed E-state index contributed by atoms with van der Waals surface area (Å²) < 4.78 is 10.5. The Balaban J connectivity index is 2.81. The Morgan fingerprint density at radius 3 is 2.38 bits per heavy atom. The van der Waals surface area contributed by atoms with Gasteiger partial charge in [-0.25, -0.2) is 9.59 Å². The number of esters is 1. The molecule has 0 aliphatic carbocycles. The molecule has 122 valence electrons. The molecule has 1 N–H and O–H groups in total. The van der Waals surface area contributed by atoms with E-state index < -0.39 is 29.8 Å². The molecule has 6 heteroatoms. The number of aliphatic hydroxyl groups excluding tert-OH is 1. The highest BCUT2D eigenvalue weighted by atomic mass is 16.6. The van der Waals surface area contributed by atoms with Crippen molar-refractivity contribution in [2.24, 2.45) is 11.8 Å². The Bertz CT molecular complexity index is 388. The third-order valence-electron chi connectivity index (χ3n) is 3.25. The maximum absolute atomic E-state index is 12.2. The van der Waals surface area contributed by atoms with Crippen molar-refractivity contribution in [3.05, 3.63) is 0 Å². The van der Waals surface area contributed by atoms with Gasteiger partial charge in [-0.05, 0) is 26.7 Å². The number of ether oxygens (including phenoxy) is 2. The summed E-state index contributed by atoms with van der Waals surface area (Å²) in [6.45, 7) is 11.2. The molecule has 1 saturated heterocycles. The Labute approximate surface area is 126 Å². The van der Waals surface area contributed by atoms with Gasteiger partial charge in [0.1, 0.15) is 11.6 Å². The van der Waals surface area contributed by atoms with Gasteiger partial charge in [0, 0.05) is 5.92 Å². The number of nitrogens with zero attached hydrogens (tertiary/aromatic N) is 1. The lowest BCUT2D eigenvalue weighted by molar-refractivity contribution is -0.151. The number of carbonyl (C=O) groups excluding carboxylic acids is 2. The minimum atomic E-state index is -0.798. The van der Waals surface area contributed by atoms with E-state index >= 15 is 0 Å². The number of amides is 1. The summed E-state index contributed by atoms with van der Waals surface area (Å²) in [5, 5.41) is 9.95. The van der Waals surface area contributed by atoms with Crippen molar-refractivity contribution >= 4 is 12.1 Å². The molecule has 3 atom stereocenters. The van der Waals surface area contributed by atoms with E-state index in [9.17, 15) is 14.7 Å². The van der Waals surface area contributed by atoms with Crippen LogP contribution in [0, 0.1) is 11.8 Å². The lowest BCUT2D eigenvalue weighted by atomic mass is 10.0. The second-order valence-electron chi connectivity index (χ2n) is 7.03. The van der Waals surface area contributed by atoms with Crippen LogP contribution in [0.15, 0.2) is 0 Å². The van der Waals surface area contributed by atoms with Gasteiger partial charge in [-0.2, -0.15) is 0 Å². The van der Waals surface area contributed by atoms with Gasteiger partial charge in [0.2, 0.25) is 0 Å². The smallest absolute Gasteiger partial charge is 0.411 e. The first-order valence-corrected chi connectivity index (χ1v) is 7.37. The molecule has 0 aromatic heterocycles. The number of hydrogen-bond acceptors (Lipinski definition) is 5. The lowest BCUT2D eigenvalue weighted by Gasteiger charge is -2.28. The van der Waals surface area contributed by atoms with Crippen LogP contribution in [0.1, 0.15) is 41.5 Å². The molecule has 0 spiro atoms.